The van der Waals surface area contributed by atoms with Crippen LogP contribution in [0.2, 0.25) is 0 Å². The van der Waals surface area contributed by atoms with Crippen molar-refractivity contribution in [3.63, 3.8) is 0 Å². The smallest absolute Gasteiger partial charge is 0.150 e. The lowest BCUT2D eigenvalue weighted by Crippen LogP contribution is -2.03. The maximum Gasteiger partial charge on any atom is 0.150 e. The normalized spacial score (nSPS) is 19.5. The van der Waals surface area contributed by atoms with Crippen LogP contribution >= 0.6 is 0 Å². The number of rotatable bonds is 4. The van der Waals surface area contributed by atoms with Gasteiger partial charge in [0.1, 0.15) is 24.7 Å². The lowest BCUT2D eigenvalue weighted by Gasteiger charge is -2.02. The number of ether oxygens (including phenoxy) is 2. The molecule has 0 N–H and O–H groups in total. The Hall–Kier alpha value is -1.35. The number of hydrogen-bond donors (Lipinski definition) is 0. The van der Waals surface area contributed by atoms with Crippen molar-refractivity contribution in [2.75, 3.05) is 13.2 Å². The Morgan fingerprint density at radius 2 is 2.15 bits per heavy atom. The maximum absolute atomic E-state index is 10.3. The van der Waals surface area contributed by atoms with Crippen LogP contribution in [-0.4, -0.2) is 25.6 Å². The van der Waals surface area contributed by atoms with Crippen LogP contribution in [0.25, 0.3) is 0 Å². The summed E-state index contributed by atoms with van der Waals surface area (Å²) in [5.41, 5.74) is 0.662. The highest BCUT2D eigenvalue weighted by Gasteiger charge is 2.22. The first kappa shape index (κ1) is 8.26. The van der Waals surface area contributed by atoms with Gasteiger partial charge in [0.2, 0.25) is 0 Å². The average Bonchev–Trinajstić information content (AvgIpc) is 2.99. The molecule has 1 aromatic carbocycles. The van der Waals surface area contributed by atoms with E-state index in [0.717, 1.165) is 18.6 Å². The molecule has 0 spiro atoms. The molecule has 0 aromatic heterocycles. The van der Waals surface area contributed by atoms with Crippen LogP contribution in [-0.2, 0) is 4.74 Å². The molecular weight excluding hydrogens is 168 g/mol. The Kier molecular flexibility index (Phi) is 2.27. The molecule has 0 unspecified atom stereocenters. The summed E-state index contributed by atoms with van der Waals surface area (Å²) in [6, 6.07) is 7.03. The standard InChI is InChI=1S/C10H10O3/c11-5-8-1-3-9(4-2-8)12-6-10-7-13-10/h1-5,10H,6-7H2/t10-/m1/s1. The number of aldehydes is 1. The van der Waals surface area contributed by atoms with Crippen LogP contribution in [0.4, 0.5) is 0 Å². The molecule has 68 valence electrons. The van der Waals surface area contributed by atoms with E-state index in [4.69, 9.17) is 9.47 Å². The highest BCUT2D eigenvalue weighted by molar-refractivity contribution is 5.74. The molecule has 1 fully saturated rings. The van der Waals surface area contributed by atoms with Crippen LogP contribution in [0.5, 0.6) is 5.75 Å². The Morgan fingerprint density at radius 1 is 1.46 bits per heavy atom. The van der Waals surface area contributed by atoms with Gasteiger partial charge in [-0.05, 0) is 24.3 Å². The lowest BCUT2D eigenvalue weighted by atomic mass is 10.2. The highest BCUT2D eigenvalue weighted by atomic mass is 16.6. The Labute approximate surface area is 76.3 Å². The van der Waals surface area contributed by atoms with E-state index in [1.54, 1.807) is 24.3 Å². The number of epoxide rings is 1. The van der Waals surface area contributed by atoms with E-state index >= 15 is 0 Å². The summed E-state index contributed by atoms with van der Waals surface area (Å²) < 4.78 is 10.4. The van der Waals surface area contributed by atoms with Gasteiger partial charge < -0.3 is 9.47 Å². The number of carbonyl (C=O) groups is 1. The third-order valence-electron chi connectivity index (χ3n) is 1.85. The minimum Gasteiger partial charge on any atom is -0.491 e. The zero-order valence-corrected chi connectivity index (χ0v) is 7.10. The van der Waals surface area contributed by atoms with Gasteiger partial charge >= 0.3 is 0 Å². The molecule has 1 aliphatic heterocycles. The fourth-order valence-electron chi connectivity index (χ4n) is 0.996. The molecule has 3 nitrogen and oxygen atoms in total. The monoisotopic (exact) mass is 178 g/mol. The molecule has 0 radical (unpaired) electrons. The second-order valence-corrected chi connectivity index (χ2v) is 2.95. The number of hydrogen-bond acceptors (Lipinski definition) is 3. The van der Waals surface area contributed by atoms with Crippen LogP contribution < -0.4 is 4.74 Å². The van der Waals surface area contributed by atoms with Gasteiger partial charge in [-0.15, -0.1) is 0 Å². The molecule has 0 aliphatic carbocycles. The van der Waals surface area contributed by atoms with Gasteiger partial charge in [-0.3, -0.25) is 4.79 Å². The quantitative estimate of drug-likeness (QED) is 0.515. The van der Waals surface area contributed by atoms with Crippen LogP contribution in [0.1, 0.15) is 10.4 Å². The predicted octanol–water partition coefficient (Wildman–Crippen LogP) is 1.28. The summed E-state index contributed by atoms with van der Waals surface area (Å²) in [5.74, 6) is 0.779. The third kappa shape index (κ3) is 2.29. The molecule has 0 bridgehead atoms. The zero-order valence-electron chi connectivity index (χ0n) is 7.10. The van der Waals surface area contributed by atoms with Crippen molar-refractivity contribution < 1.29 is 14.3 Å². The largest absolute Gasteiger partial charge is 0.491 e. The highest BCUT2D eigenvalue weighted by Crippen LogP contribution is 2.14. The lowest BCUT2D eigenvalue weighted by molar-refractivity contribution is 0.112. The summed E-state index contributed by atoms with van der Waals surface area (Å²) in [4.78, 5) is 10.3. The van der Waals surface area contributed by atoms with E-state index in [9.17, 15) is 4.79 Å². The molecule has 1 saturated heterocycles. The predicted molar refractivity (Wildman–Crippen MR) is 47.1 cm³/mol. The molecule has 2 rings (SSSR count). The second-order valence-electron chi connectivity index (χ2n) is 2.95. The average molecular weight is 178 g/mol. The van der Waals surface area contributed by atoms with Crippen molar-refractivity contribution in [1.29, 1.82) is 0 Å². The Balaban J connectivity index is 1.91. The fourth-order valence-corrected chi connectivity index (χ4v) is 0.996. The SMILES string of the molecule is O=Cc1ccc(OC[C@@H]2CO2)cc1. The first-order valence-corrected chi connectivity index (χ1v) is 4.18. The molecule has 0 saturated carbocycles. The van der Waals surface area contributed by atoms with Gasteiger partial charge in [0.15, 0.2) is 0 Å². The van der Waals surface area contributed by atoms with Gasteiger partial charge in [0.25, 0.3) is 0 Å². The summed E-state index contributed by atoms with van der Waals surface area (Å²) in [6.45, 7) is 1.40. The summed E-state index contributed by atoms with van der Waals surface area (Å²) in [6.07, 6.45) is 1.08. The van der Waals surface area contributed by atoms with Gasteiger partial charge in [-0.1, -0.05) is 0 Å². The Bertz CT molecular complexity index is 288. The van der Waals surface area contributed by atoms with E-state index in [1.165, 1.54) is 0 Å². The van der Waals surface area contributed by atoms with Crippen molar-refractivity contribution in [2.24, 2.45) is 0 Å². The van der Waals surface area contributed by atoms with Crippen molar-refractivity contribution in [1.82, 2.24) is 0 Å². The first-order valence-electron chi connectivity index (χ1n) is 4.18. The van der Waals surface area contributed by atoms with Gasteiger partial charge in [-0.25, -0.2) is 0 Å². The molecule has 1 aliphatic rings. The zero-order chi connectivity index (χ0) is 9.10. The minimum atomic E-state index is 0.269. The van der Waals surface area contributed by atoms with E-state index in [-0.39, 0.29) is 6.10 Å². The number of benzene rings is 1. The molecule has 13 heavy (non-hydrogen) atoms. The van der Waals surface area contributed by atoms with Crippen LogP contribution in [0, 0.1) is 0 Å². The molecular formula is C10H10O3. The first-order chi connectivity index (χ1) is 6.38. The van der Waals surface area contributed by atoms with E-state index in [0.29, 0.717) is 12.2 Å². The maximum atomic E-state index is 10.3. The van der Waals surface area contributed by atoms with Crippen molar-refractivity contribution in [3.8, 4) is 5.75 Å². The van der Waals surface area contributed by atoms with Crippen molar-refractivity contribution in [3.05, 3.63) is 29.8 Å². The summed E-state index contributed by atoms with van der Waals surface area (Å²) >= 11 is 0. The topological polar surface area (TPSA) is 38.8 Å². The molecule has 1 heterocycles. The third-order valence-corrected chi connectivity index (χ3v) is 1.85. The van der Waals surface area contributed by atoms with Crippen LogP contribution in [0.15, 0.2) is 24.3 Å². The van der Waals surface area contributed by atoms with Gasteiger partial charge in [0, 0.05) is 5.56 Å². The molecule has 3 heteroatoms. The van der Waals surface area contributed by atoms with Crippen LogP contribution in [0.3, 0.4) is 0 Å². The van der Waals surface area contributed by atoms with E-state index in [2.05, 4.69) is 0 Å². The van der Waals surface area contributed by atoms with Crippen molar-refractivity contribution in [2.45, 2.75) is 6.10 Å². The van der Waals surface area contributed by atoms with Gasteiger partial charge in [0.05, 0.1) is 6.61 Å². The Morgan fingerprint density at radius 3 is 2.69 bits per heavy atom. The van der Waals surface area contributed by atoms with E-state index < -0.39 is 0 Å². The van der Waals surface area contributed by atoms with Gasteiger partial charge in [-0.2, -0.15) is 0 Å². The van der Waals surface area contributed by atoms with E-state index in [1.807, 2.05) is 0 Å². The molecule has 1 atom stereocenters. The van der Waals surface area contributed by atoms with Crippen molar-refractivity contribution >= 4 is 6.29 Å². The second kappa shape index (κ2) is 3.58. The minimum absolute atomic E-state index is 0.269. The molecule has 0 amide bonds. The number of carbonyl (C=O) groups excluding carboxylic acids is 1. The fraction of sp³-hybridized carbons (Fsp3) is 0.300. The summed E-state index contributed by atoms with van der Waals surface area (Å²) in [7, 11) is 0. The molecule has 1 aromatic rings. The summed E-state index contributed by atoms with van der Waals surface area (Å²) in [5, 5.41) is 0.